The summed E-state index contributed by atoms with van der Waals surface area (Å²) in [5.41, 5.74) is 1.07. The van der Waals surface area contributed by atoms with E-state index in [1.165, 1.54) is 0 Å². The minimum atomic E-state index is 0.00966. The molecule has 0 N–H and O–H groups in total. The molecule has 0 bridgehead atoms. The maximum absolute atomic E-state index is 12.4. The van der Waals surface area contributed by atoms with Gasteiger partial charge in [-0.15, -0.1) is 0 Å². The predicted molar refractivity (Wildman–Crippen MR) is 101 cm³/mol. The monoisotopic (exact) mass is 404 g/mol. The zero-order valence-corrected chi connectivity index (χ0v) is 15.7. The summed E-state index contributed by atoms with van der Waals surface area (Å²) in [5, 5.41) is 0. The third-order valence-corrected chi connectivity index (χ3v) is 4.90. The Hall–Kier alpha value is -2.21. The van der Waals surface area contributed by atoms with Crippen molar-refractivity contribution in [3.63, 3.8) is 0 Å². The van der Waals surface area contributed by atoms with Crippen LogP contribution in [-0.4, -0.2) is 50.7 Å². The Balaban J connectivity index is 1.53. The number of rotatable bonds is 5. The fourth-order valence-corrected chi connectivity index (χ4v) is 3.28. The van der Waals surface area contributed by atoms with Gasteiger partial charge in [0.2, 0.25) is 0 Å². The van der Waals surface area contributed by atoms with E-state index in [4.69, 9.17) is 9.47 Å². The van der Waals surface area contributed by atoms with Gasteiger partial charge < -0.3 is 19.3 Å². The zero-order valence-electron chi connectivity index (χ0n) is 14.2. The van der Waals surface area contributed by atoms with Crippen LogP contribution in [-0.2, 0) is 4.79 Å². The number of amides is 1. The molecule has 0 atom stereocenters. The first kappa shape index (κ1) is 17.6. The maximum atomic E-state index is 12.4. The second kappa shape index (κ2) is 8.25. The summed E-state index contributed by atoms with van der Waals surface area (Å²) in [7, 11) is 1.68. The summed E-state index contributed by atoms with van der Waals surface area (Å²) >= 11 is 3.42. The van der Waals surface area contributed by atoms with E-state index in [-0.39, 0.29) is 12.5 Å². The number of anilines is 1. The van der Waals surface area contributed by atoms with Crippen LogP contribution < -0.4 is 14.4 Å². The van der Waals surface area contributed by atoms with Crippen LogP contribution in [0.3, 0.4) is 0 Å². The molecule has 1 saturated heterocycles. The van der Waals surface area contributed by atoms with Gasteiger partial charge in [0.1, 0.15) is 11.5 Å². The number of methoxy groups -OCH3 is 1. The quantitative estimate of drug-likeness (QED) is 0.767. The lowest BCUT2D eigenvalue weighted by atomic mass is 10.2. The number of para-hydroxylation sites is 3. The highest BCUT2D eigenvalue weighted by molar-refractivity contribution is 9.10. The van der Waals surface area contributed by atoms with Gasteiger partial charge in [-0.1, -0.05) is 24.3 Å². The zero-order chi connectivity index (χ0) is 17.6. The van der Waals surface area contributed by atoms with Crippen LogP contribution >= 0.6 is 15.9 Å². The van der Waals surface area contributed by atoms with E-state index in [0.717, 1.165) is 29.0 Å². The minimum absolute atomic E-state index is 0.00966. The highest BCUT2D eigenvalue weighted by atomic mass is 79.9. The molecule has 25 heavy (non-hydrogen) atoms. The van der Waals surface area contributed by atoms with Crippen LogP contribution in [0.1, 0.15) is 0 Å². The smallest absolute Gasteiger partial charge is 0.260 e. The molecule has 1 fully saturated rings. The summed E-state index contributed by atoms with van der Waals surface area (Å²) < 4.78 is 11.9. The molecule has 0 aromatic heterocycles. The van der Waals surface area contributed by atoms with E-state index in [2.05, 4.69) is 20.8 Å². The number of carbonyl (C=O) groups excluding carboxylic acids is 1. The van der Waals surface area contributed by atoms with Crippen molar-refractivity contribution in [2.45, 2.75) is 0 Å². The Morgan fingerprint density at radius 3 is 2.32 bits per heavy atom. The van der Waals surface area contributed by atoms with E-state index in [0.29, 0.717) is 18.8 Å². The molecule has 0 unspecified atom stereocenters. The molecular formula is C19H21BrN2O3. The third kappa shape index (κ3) is 4.25. The van der Waals surface area contributed by atoms with E-state index in [9.17, 15) is 4.79 Å². The molecule has 0 saturated carbocycles. The van der Waals surface area contributed by atoms with Crippen molar-refractivity contribution in [3.8, 4) is 11.5 Å². The van der Waals surface area contributed by atoms with E-state index in [1.54, 1.807) is 7.11 Å². The van der Waals surface area contributed by atoms with Gasteiger partial charge in [0.25, 0.3) is 5.91 Å². The van der Waals surface area contributed by atoms with Crippen LogP contribution in [0.5, 0.6) is 11.5 Å². The Bertz CT molecular complexity index is 730. The molecule has 3 rings (SSSR count). The van der Waals surface area contributed by atoms with Crippen molar-refractivity contribution in [1.29, 1.82) is 0 Å². The van der Waals surface area contributed by atoms with E-state index in [1.807, 2.05) is 53.4 Å². The number of nitrogens with zero attached hydrogens (tertiary/aromatic N) is 2. The van der Waals surface area contributed by atoms with Gasteiger partial charge in [0, 0.05) is 26.2 Å². The molecular weight excluding hydrogens is 384 g/mol. The maximum Gasteiger partial charge on any atom is 0.260 e. The lowest BCUT2D eigenvalue weighted by Crippen LogP contribution is -2.50. The predicted octanol–water partition coefficient (Wildman–Crippen LogP) is 3.19. The second-order valence-electron chi connectivity index (χ2n) is 5.76. The lowest BCUT2D eigenvalue weighted by Gasteiger charge is -2.36. The van der Waals surface area contributed by atoms with Crippen LogP contribution in [0.4, 0.5) is 5.69 Å². The first-order valence-electron chi connectivity index (χ1n) is 8.22. The number of ether oxygens (including phenoxy) is 2. The van der Waals surface area contributed by atoms with Crippen LogP contribution in [0.2, 0.25) is 0 Å². The van der Waals surface area contributed by atoms with Gasteiger partial charge in [-0.2, -0.15) is 0 Å². The summed E-state index contributed by atoms with van der Waals surface area (Å²) in [5.74, 6) is 1.55. The van der Waals surface area contributed by atoms with Gasteiger partial charge in [0.15, 0.2) is 6.61 Å². The fraction of sp³-hybridized carbons (Fsp3) is 0.316. The topological polar surface area (TPSA) is 42.0 Å². The van der Waals surface area contributed by atoms with Gasteiger partial charge in [0.05, 0.1) is 17.3 Å². The summed E-state index contributed by atoms with van der Waals surface area (Å²) in [6, 6.07) is 15.5. The SMILES string of the molecule is COc1ccccc1N1CCN(C(=O)COc2ccccc2Br)CC1. The molecule has 132 valence electrons. The first-order valence-corrected chi connectivity index (χ1v) is 9.01. The number of hydrogen-bond donors (Lipinski definition) is 0. The van der Waals surface area contributed by atoms with E-state index < -0.39 is 0 Å². The molecule has 2 aromatic carbocycles. The van der Waals surface area contributed by atoms with Gasteiger partial charge in [-0.25, -0.2) is 0 Å². The number of carbonyl (C=O) groups is 1. The molecule has 1 aliphatic rings. The Labute approximate surface area is 156 Å². The molecule has 0 aliphatic carbocycles. The summed E-state index contributed by atoms with van der Waals surface area (Å²) in [4.78, 5) is 16.5. The molecule has 1 heterocycles. The molecule has 2 aromatic rings. The minimum Gasteiger partial charge on any atom is -0.495 e. The lowest BCUT2D eigenvalue weighted by molar-refractivity contribution is -0.133. The van der Waals surface area contributed by atoms with Crippen molar-refractivity contribution in [1.82, 2.24) is 4.90 Å². The Kier molecular flexibility index (Phi) is 5.81. The van der Waals surface area contributed by atoms with Gasteiger partial charge >= 0.3 is 0 Å². The number of halogens is 1. The van der Waals surface area contributed by atoms with Crippen molar-refractivity contribution < 1.29 is 14.3 Å². The highest BCUT2D eigenvalue weighted by Crippen LogP contribution is 2.28. The van der Waals surface area contributed by atoms with Crippen LogP contribution in [0, 0.1) is 0 Å². The molecule has 0 radical (unpaired) electrons. The van der Waals surface area contributed by atoms with Gasteiger partial charge in [-0.3, -0.25) is 4.79 Å². The largest absolute Gasteiger partial charge is 0.495 e. The normalized spacial score (nSPS) is 14.3. The number of hydrogen-bond acceptors (Lipinski definition) is 4. The van der Waals surface area contributed by atoms with Crippen LogP contribution in [0.15, 0.2) is 53.0 Å². The molecule has 1 amide bonds. The third-order valence-electron chi connectivity index (χ3n) is 4.25. The summed E-state index contributed by atoms with van der Waals surface area (Å²) in [6.45, 7) is 2.96. The first-order chi connectivity index (χ1) is 12.2. The van der Waals surface area contributed by atoms with Crippen molar-refractivity contribution in [3.05, 3.63) is 53.0 Å². The molecule has 6 heteroatoms. The molecule has 1 aliphatic heterocycles. The Morgan fingerprint density at radius 1 is 1.00 bits per heavy atom. The molecule has 0 spiro atoms. The van der Waals surface area contributed by atoms with E-state index >= 15 is 0 Å². The van der Waals surface area contributed by atoms with Crippen molar-refractivity contribution in [2.75, 3.05) is 44.8 Å². The van der Waals surface area contributed by atoms with Crippen molar-refractivity contribution in [2.24, 2.45) is 0 Å². The fourth-order valence-electron chi connectivity index (χ4n) is 2.88. The van der Waals surface area contributed by atoms with Crippen molar-refractivity contribution >= 4 is 27.5 Å². The highest BCUT2D eigenvalue weighted by Gasteiger charge is 2.23. The second-order valence-corrected chi connectivity index (χ2v) is 6.61. The standard InChI is InChI=1S/C19H21BrN2O3/c1-24-18-9-5-3-7-16(18)21-10-12-22(13-11-21)19(23)14-25-17-8-4-2-6-15(17)20/h2-9H,10-14H2,1H3. The number of piperazine rings is 1. The Morgan fingerprint density at radius 2 is 1.64 bits per heavy atom. The van der Waals surface area contributed by atoms with Gasteiger partial charge in [-0.05, 0) is 40.2 Å². The van der Waals surface area contributed by atoms with Crippen LogP contribution in [0.25, 0.3) is 0 Å². The summed E-state index contributed by atoms with van der Waals surface area (Å²) in [6.07, 6.45) is 0. The average Bonchev–Trinajstić information content (AvgIpc) is 2.67. The number of benzene rings is 2. The molecule has 5 nitrogen and oxygen atoms in total. The average molecular weight is 405 g/mol.